The van der Waals surface area contributed by atoms with E-state index in [1.54, 1.807) is 11.0 Å². The van der Waals surface area contributed by atoms with Gasteiger partial charge in [0.1, 0.15) is 0 Å². The number of amides is 2. The Kier molecular flexibility index (Phi) is 5.91. The van der Waals surface area contributed by atoms with Gasteiger partial charge < -0.3 is 20.3 Å². The van der Waals surface area contributed by atoms with E-state index in [1.165, 1.54) is 6.92 Å². The van der Waals surface area contributed by atoms with Gasteiger partial charge in [-0.05, 0) is 45.2 Å². The van der Waals surface area contributed by atoms with Crippen molar-refractivity contribution in [2.75, 3.05) is 18.5 Å². The summed E-state index contributed by atoms with van der Waals surface area (Å²) in [5.41, 5.74) is 2.83. The number of ketones is 1. The highest BCUT2D eigenvalue weighted by Gasteiger charge is 2.41. The predicted octanol–water partition coefficient (Wildman–Crippen LogP) is 3.23. The number of aromatic nitrogens is 2. The van der Waals surface area contributed by atoms with Gasteiger partial charge in [-0.15, -0.1) is 0 Å². The molecule has 1 fully saturated rings. The van der Waals surface area contributed by atoms with Crippen LogP contribution in [0.15, 0.2) is 30.5 Å². The molecule has 8 heteroatoms. The minimum Gasteiger partial charge on any atom is -0.381 e. The third-order valence-electron chi connectivity index (χ3n) is 6.09. The van der Waals surface area contributed by atoms with E-state index >= 15 is 0 Å². The largest absolute Gasteiger partial charge is 0.381 e. The molecule has 0 spiro atoms. The number of hydrogen-bond acceptors (Lipinski definition) is 6. The fourth-order valence-electron chi connectivity index (χ4n) is 4.13. The van der Waals surface area contributed by atoms with Gasteiger partial charge >= 0.3 is 6.03 Å². The number of urea groups is 1. The molecule has 0 saturated carbocycles. The van der Waals surface area contributed by atoms with Crippen LogP contribution >= 0.6 is 0 Å². The molecule has 0 bridgehead atoms. The molecule has 2 aromatic rings. The lowest BCUT2D eigenvalue weighted by Gasteiger charge is -2.32. The number of carbonyl (C=O) groups excluding carboxylic acids is 2. The Morgan fingerprint density at radius 1 is 1.26 bits per heavy atom. The van der Waals surface area contributed by atoms with Crippen LogP contribution < -0.4 is 10.6 Å². The van der Waals surface area contributed by atoms with E-state index in [1.807, 2.05) is 38.2 Å². The van der Waals surface area contributed by atoms with Crippen LogP contribution in [0.4, 0.5) is 10.7 Å². The summed E-state index contributed by atoms with van der Waals surface area (Å²) in [4.78, 5) is 35.6. The Morgan fingerprint density at radius 3 is 2.77 bits per heavy atom. The maximum atomic E-state index is 13.0. The first-order valence-corrected chi connectivity index (χ1v) is 10.7. The van der Waals surface area contributed by atoms with Gasteiger partial charge in [0, 0.05) is 43.1 Å². The number of nitrogens with zero attached hydrogens (tertiary/aromatic N) is 3. The molecule has 8 nitrogen and oxygen atoms in total. The van der Waals surface area contributed by atoms with E-state index in [-0.39, 0.29) is 11.8 Å². The summed E-state index contributed by atoms with van der Waals surface area (Å²) in [5, 5.41) is 6.37. The number of rotatable bonds is 5. The fourth-order valence-corrected chi connectivity index (χ4v) is 4.13. The topological polar surface area (TPSA) is 96.5 Å². The van der Waals surface area contributed by atoms with Crippen LogP contribution in [0.2, 0.25) is 0 Å². The second-order valence-electron chi connectivity index (χ2n) is 8.65. The van der Waals surface area contributed by atoms with Gasteiger partial charge in [0.15, 0.2) is 5.78 Å². The van der Waals surface area contributed by atoms with Crippen molar-refractivity contribution >= 4 is 17.8 Å². The maximum Gasteiger partial charge on any atom is 0.318 e. The molecule has 31 heavy (non-hydrogen) atoms. The van der Waals surface area contributed by atoms with Gasteiger partial charge in [-0.1, -0.05) is 18.2 Å². The van der Waals surface area contributed by atoms with E-state index in [0.29, 0.717) is 30.6 Å². The third-order valence-corrected chi connectivity index (χ3v) is 6.09. The number of ether oxygens (including phenoxy) is 1. The molecule has 2 aliphatic heterocycles. The molecule has 0 atom stereocenters. The highest BCUT2D eigenvalue weighted by Crippen LogP contribution is 2.37. The summed E-state index contributed by atoms with van der Waals surface area (Å²) in [5.74, 6) is 0.609. The zero-order chi connectivity index (χ0) is 22.0. The monoisotopic (exact) mass is 423 g/mol. The first-order valence-electron chi connectivity index (χ1n) is 10.7. The molecule has 2 amide bonds. The zero-order valence-corrected chi connectivity index (χ0v) is 18.3. The molecule has 3 heterocycles. The average Bonchev–Trinajstić information content (AvgIpc) is 3.03. The molecule has 2 aliphatic rings. The summed E-state index contributed by atoms with van der Waals surface area (Å²) in [7, 11) is 0. The molecule has 164 valence electrons. The number of hydrogen-bond donors (Lipinski definition) is 2. The Balaban J connectivity index is 1.43. The molecule has 0 aliphatic carbocycles. The first-order chi connectivity index (χ1) is 14.8. The first kappa shape index (κ1) is 21.2. The normalized spacial score (nSPS) is 17.8. The van der Waals surface area contributed by atoms with Crippen molar-refractivity contribution in [3.05, 3.63) is 52.8 Å². The van der Waals surface area contributed by atoms with Crippen molar-refractivity contribution in [3.8, 4) is 0 Å². The number of nitrogens with one attached hydrogen (secondary N) is 2. The molecule has 1 aromatic heterocycles. The highest BCUT2D eigenvalue weighted by atomic mass is 16.5. The van der Waals surface area contributed by atoms with Crippen LogP contribution in [0.25, 0.3) is 0 Å². The summed E-state index contributed by atoms with van der Waals surface area (Å²) in [6.07, 6.45) is 3.70. The number of Topliss-reactive ketones (excluding diaryl/α,β-unsaturated/α-hetero) is 1. The predicted molar refractivity (Wildman–Crippen MR) is 117 cm³/mol. The van der Waals surface area contributed by atoms with Crippen molar-refractivity contribution in [2.24, 2.45) is 0 Å². The van der Waals surface area contributed by atoms with Crippen molar-refractivity contribution in [1.29, 1.82) is 0 Å². The Hall–Kier alpha value is -3.00. The van der Waals surface area contributed by atoms with E-state index in [4.69, 9.17) is 9.72 Å². The number of carbonyl (C=O) groups is 2. The lowest BCUT2D eigenvalue weighted by atomic mass is 9.97. The second-order valence-corrected chi connectivity index (χ2v) is 8.65. The van der Waals surface area contributed by atoms with E-state index in [9.17, 15) is 9.59 Å². The molecular weight excluding hydrogens is 394 g/mol. The fraction of sp³-hybridized carbons (Fsp3) is 0.478. The van der Waals surface area contributed by atoms with Gasteiger partial charge in [-0.3, -0.25) is 4.79 Å². The van der Waals surface area contributed by atoms with Crippen molar-refractivity contribution in [2.45, 2.75) is 58.3 Å². The second kappa shape index (κ2) is 8.63. The third kappa shape index (κ3) is 4.54. The van der Waals surface area contributed by atoms with Gasteiger partial charge in [0.25, 0.3) is 0 Å². The van der Waals surface area contributed by atoms with Crippen molar-refractivity contribution in [1.82, 2.24) is 20.2 Å². The van der Waals surface area contributed by atoms with Crippen LogP contribution in [0, 0.1) is 0 Å². The van der Waals surface area contributed by atoms with Gasteiger partial charge in [-0.25, -0.2) is 14.8 Å². The van der Waals surface area contributed by atoms with E-state index < -0.39 is 5.54 Å². The summed E-state index contributed by atoms with van der Waals surface area (Å²) in [6, 6.07) is 7.46. The van der Waals surface area contributed by atoms with E-state index in [2.05, 4.69) is 15.6 Å². The average molecular weight is 424 g/mol. The van der Waals surface area contributed by atoms with Crippen LogP contribution in [0.5, 0.6) is 0 Å². The lowest BCUT2D eigenvalue weighted by Crippen LogP contribution is -2.45. The summed E-state index contributed by atoms with van der Waals surface area (Å²) < 4.78 is 5.40. The molecule has 0 radical (unpaired) electrons. The van der Waals surface area contributed by atoms with Crippen molar-refractivity contribution < 1.29 is 14.3 Å². The van der Waals surface area contributed by atoms with Crippen molar-refractivity contribution in [3.63, 3.8) is 0 Å². The van der Waals surface area contributed by atoms with Gasteiger partial charge in [-0.2, -0.15) is 0 Å². The lowest BCUT2D eigenvalue weighted by molar-refractivity contribution is 0.0903. The summed E-state index contributed by atoms with van der Waals surface area (Å²) in [6.45, 7) is 7.82. The highest BCUT2D eigenvalue weighted by molar-refractivity contribution is 5.94. The molecule has 4 rings (SSSR count). The number of benzene rings is 1. The molecule has 2 N–H and O–H groups in total. The standard InChI is InChI=1S/C23H29N5O3/c1-15(29)17-6-4-5-16(11-17)12-25-22(30)28-14-20-19(23(28,2)3)13-24-21(27-20)26-18-7-9-31-10-8-18/h4-6,11,13,18H,7-10,12,14H2,1-3H3,(H,25,30)(H,24,26,27). The minimum absolute atomic E-state index is 0.00745. The van der Waals surface area contributed by atoms with Gasteiger partial charge in [0.2, 0.25) is 5.95 Å². The number of anilines is 1. The Bertz CT molecular complexity index is 985. The molecule has 1 aromatic carbocycles. The quantitative estimate of drug-likeness (QED) is 0.717. The summed E-state index contributed by atoms with van der Waals surface area (Å²) >= 11 is 0. The Labute approximate surface area is 182 Å². The minimum atomic E-state index is -0.516. The van der Waals surface area contributed by atoms with E-state index in [0.717, 1.165) is 42.9 Å². The number of fused-ring (bicyclic) bond motifs is 1. The molecular formula is C23H29N5O3. The van der Waals surface area contributed by atoms with Crippen LogP contribution in [-0.2, 0) is 23.4 Å². The van der Waals surface area contributed by atoms with Crippen LogP contribution in [0.3, 0.4) is 0 Å². The SMILES string of the molecule is CC(=O)c1cccc(CNC(=O)N2Cc3nc(NC4CCOCC4)ncc3C2(C)C)c1. The van der Waals surface area contributed by atoms with Crippen LogP contribution in [0.1, 0.15) is 60.8 Å². The smallest absolute Gasteiger partial charge is 0.318 e. The van der Waals surface area contributed by atoms with Gasteiger partial charge in [0.05, 0.1) is 17.8 Å². The van der Waals surface area contributed by atoms with Crippen LogP contribution in [-0.4, -0.2) is 45.9 Å². The molecule has 0 unspecified atom stereocenters. The zero-order valence-electron chi connectivity index (χ0n) is 18.3. The molecule has 1 saturated heterocycles. The Morgan fingerprint density at radius 2 is 2.03 bits per heavy atom. The maximum absolute atomic E-state index is 13.0.